The zero-order valence-electron chi connectivity index (χ0n) is 35.2. The molecule has 16 heteroatoms. The van der Waals surface area contributed by atoms with Crippen molar-refractivity contribution >= 4 is 55.7 Å². The van der Waals surface area contributed by atoms with Gasteiger partial charge in [-0.2, -0.15) is 4.98 Å². The molecule has 4 heterocycles. The van der Waals surface area contributed by atoms with E-state index in [0.29, 0.717) is 42.6 Å². The molecule has 3 fully saturated rings. The lowest BCUT2D eigenvalue weighted by molar-refractivity contribution is -0.145. The van der Waals surface area contributed by atoms with Gasteiger partial charge in [0.1, 0.15) is 40.4 Å². The van der Waals surface area contributed by atoms with Crippen molar-refractivity contribution in [1.82, 2.24) is 30.2 Å². The molecule has 2 saturated carbocycles. The van der Waals surface area contributed by atoms with Crippen molar-refractivity contribution in [3.8, 4) is 17.3 Å². The van der Waals surface area contributed by atoms with Crippen molar-refractivity contribution in [2.24, 2.45) is 5.92 Å². The summed E-state index contributed by atoms with van der Waals surface area (Å²) in [6.07, 6.45) is 6.95. The number of nitrogens with one attached hydrogen (secondary N) is 3. The number of allylic oxidation sites excluding steroid dienone is 1. The van der Waals surface area contributed by atoms with Gasteiger partial charge in [-0.05, 0) is 75.5 Å². The number of aliphatic hydroxyl groups is 1. The first-order valence-corrected chi connectivity index (χ1v) is 22.7. The van der Waals surface area contributed by atoms with Crippen LogP contribution in [-0.4, -0.2) is 93.1 Å². The summed E-state index contributed by atoms with van der Waals surface area (Å²) in [4.78, 5) is 67.4. The second-order valence-electron chi connectivity index (χ2n) is 18.5. The van der Waals surface area contributed by atoms with E-state index in [1.165, 1.54) is 18.7 Å². The van der Waals surface area contributed by atoms with Crippen molar-refractivity contribution in [3.63, 3.8) is 0 Å². The van der Waals surface area contributed by atoms with Gasteiger partial charge in [-0.15, -0.1) is 0 Å². The van der Waals surface area contributed by atoms with Crippen LogP contribution in [0.2, 0.25) is 0 Å². The second-order valence-corrected chi connectivity index (χ2v) is 20.5. The summed E-state index contributed by atoms with van der Waals surface area (Å²) < 4.78 is 41.0. The lowest BCUT2D eigenvalue weighted by Gasteiger charge is -2.31. The Kier molecular flexibility index (Phi) is 11.0. The van der Waals surface area contributed by atoms with Gasteiger partial charge in [0.15, 0.2) is 5.82 Å². The number of ether oxygens (including phenoxy) is 1. The number of hydrogen-bond acceptors (Lipinski definition) is 11. The normalized spacial score (nSPS) is 25.2. The number of aromatic nitrogens is 2. The molecule has 5 atom stereocenters. The highest BCUT2D eigenvalue weighted by atomic mass is 32.2. The number of sulfonamides is 1. The van der Waals surface area contributed by atoms with Gasteiger partial charge in [0.25, 0.3) is 17.7 Å². The van der Waals surface area contributed by atoms with Gasteiger partial charge >= 0.3 is 0 Å². The average Bonchev–Trinajstić information content (AvgIpc) is 4.10. The minimum Gasteiger partial charge on any atom is -0.470 e. The number of rotatable bonds is 8. The van der Waals surface area contributed by atoms with Crippen molar-refractivity contribution in [2.75, 3.05) is 6.54 Å². The van der Waals surface area contributed by atoms with Crippen LogP contribution in [0.5, 0.6) is 5.88 Å². The van der Waals surface area contributed by atoms with E-state index >= 15 is 0 Å². The average molecular weight is 855 g/mol. The van der Waals surface area contributed by atoms with Gasteiger partial charge in [0.05, 0.1) is 11.8 Å². The highest BCUT2D eigenvalue weighted by Gasteiger charge is 2.62. The van der Waals surface area contributed by atoms with Crippen molar-refractivity contribution in [2.45, 2.75) is 132 Å². The first-order chi connectivity index (χ1) is 28.8. The van der Waals surface area contributed by atoms with Crippen molar-refractivity contribution < 1.29 is 41.9 Å². The lowest BCUT2D eigenvalue weighted by Crippen LogP contribution is -2.59. The molecule has 61 heavy (non-hydrogen) atoms. The molecule has 4 N–H and O–H groups in total. The molecule has 324 valence electrons. The molecular formula is C45H54N6O9S. The molecule has 2 aromatic carbocycles. The quantitative estimate of drug-likeness (QED) is 0.174. The molecule has 2 aliphatic carbocycles. The third-order valence-corrected chi connectivity index (χ3v) is 14.0. The Morgan fingerprint density at radius 2 is 1.72 bits per heavy atom. The van der Waals surface area contributed by atoms with Crippen LogP contribution in [0, 0.1) is 5.92 Å². The fourth-order valence-corrected chi connectivity index (χ4v) is 9.60. The van der Waals surface area contributed by atoms with Gasteiger partial charge in [-0.3, -0.25) is 23.9 Å². The largest absolute Gasteiger partial charge is 0.470 e. The Hall–Kier alpha value is -5.35. The van der Waals surface area contributed by atoms with Crippen LogP contribution in [0.3, 0.4) is 0 Å². The zero-order valence-corrected chi connectivity index (χ0v) is 36.0. The summed E-state index contributed by atoms with van der Waals surface area (Å²) in [5.74, 6) is -2.77. The molecule has 2 aromatic heterocycles. The maximum Gasteiger partial charge on any atom is 0.262 e. The maximum atomic E-state index is 14.7. The minimum atomic E-state index is -3.93. The number of carbonyl (C=O) groups is 4. The van der Waals surface area contributed by atoms with Crippen molar-refractivity contribution in [1.29, 1.82) is 0 Å². The molecule has 4 amide bonds. The SMILES string of the molecule is CC(C)(O)C(=O)N[C@H]1CCCCCC=C[C@@H]2C[C@@]2(C(=O)NS(=O)(=O)C2CC2)NC(=O)[C@@H]2C[C@@H](Oc3nc(-c4ccc(C(C)(C)C)cc4)nc4c3oc3ccccc34)CN2C1=O. The summed E-state index contributed by atoms with van der Waals surface area (Å²) in [5.41, 5.74) is -0.168. The number of fused-ring (bicyclic) bond motifs is 5. The van der Waals surface area contributed by atoms with E-state index in [1.807, 2.05) is 60.7 Å². The number of nitrogens with zero attached hydrogens (tertiary/aromatic N) is 3. The molecule has 0 radical (unpaired) electrons. The molecule has 0 bridgehead atoms. The number of hydrogen-bond donors (Lipinski definition) is 4. The Bertz CT molecular complexity index is 2520. The number of carbonyl (C=O) groups excluding carboxylic acids is 4. The van der Waals surface area contributed by atoms with Gasteiger partial charge < -0.3 is 29.8 Å². The van der Waals surface area contributed by atoms with Crippen molar-refractivity contribution in [3.05, 3.63) is 66.2 Å². The van der Waals surface area contributed by atoms with E-state index in [4.69, 9.17) is 19.1 Å². The van der Waals surface area contributed by atoms with E-state index in [2.05, 4.69) is 36.1 Å². The Morgan fingerprint density at radius 1 is 0.984 bits per heavy atom. The Balaban J connectivity index is 1.15. The van der Waals surface area contributed by atoms with Crippen LogP contribution < -0.4 is 20.1 Å². The Morgan fingerprint density at radius 3 is 2.43 bits per heavy atom. The fraction of sp³-hybridized carbons (Fsp3) is 0.511. The molecule has 1 saturated heterocycles. The maximum absolute atomic E-state index is 14.7. The smallest absolute Gasteiger partial charge is 0.262 e. The molecule has 4 aromatic rings. The minimum absolute atomic E-state index is 0.0380. The first-order valence-electron chi connectivity index (χ1n) is 21.2. The summed E-state index contributed by atoms with van der Waals surface area (Å²) in [6, 6.07) is 13.1. The first kappa shape index (κ1) is 42.3. The monoisotopic (exact) mass is 854 g/mol. The third-order valence-electron chi connectivity index (χ3n) is 12.2. The Labute approximate surface area is 355 Å². The van der Waals surface area contributed by atoms with Gasteiger partial charge in [-0.1, -0.05) is 82.2 Å². The van der Waals surface area contributed by atoms with Gasteiger partial charge in [0, 0.05) is 23.3 Å². The van der Waals surface area contributed by atoms with E-state index in [0.717, 1.165) is 29.4 Å². The molecule has 0 unspecified atom stereocenters. The van der Waals surface area contributed by atoms with Crippen LogP contribution in [0.15, 0.2) is 65.1 Å². The van der Waals surface area contributed by atoms with Crippen LogP contribution >= 0.6 is 0 Å². The number of furan rings is 1. The molecule has 2 aliphatic heterocycles. The van der Waals surface area contributed by atoms with E-state index in [9.17, 15) is 32.7 Å². The summed E-state index contributed by atoms with van der Waals surface area (Å²) in [6.45, 7) is 8.95. The third kappa shape index (κ3) is 8.74. The van der Waals surface area contributed by atoms with Gasteiger partial charge in [-0.25, -0.2) is 13.4 Å². The summed E-state index contributed by atoms with van der Waals surface area (Å²) in [5, 5.41) is 16.2. The summed E-state index contributed by atoms with van der Waals surface area (Å²) in [7, 11) is -3.93. The molecule has 0 spiro atoms. The van der Waals surface area contributed by atoms with E-state index in [-0.39, 0.29) is 42.7 Å². The topological polar surface area (TPSA) is 210 Å². The zero-order chi connectivity index (χ0) is 43.5. The standard InChI is InChI=1S/C45H54N6O9S/c1-43(2,3)27-19-17-26(18-20-27)37-47-35-31-14-11-12-16-34(31)60-36(35)39(48-37)59-29-23-33-38(52)49-45(42(55)50-61(57,58)30-21-22-30)24-28(45)13-9-7-6-8-10-15-32(40(53)51(33)25-29)46-41(54)44(4,5)56/h9,11-14,16-20,28-30,32-33,56H,6-8,10,15,21-25H2,1-5H3,(H,46,54)(H,49,52)(H,50,55)/t28-,29-,32+,33+,45-/m1/s1. The van der Waals surface area contributed by atoms with Gasteiger partial charge in [0.2, 0.25) is 27.4 Å². The number of para-hydroxylation sites is 1. The molecule has 15 nitrogen and oxygen atoms in total. The van der Waals surface area contributed by atoms with E-state index in [1.54, 1.807) is 0 Å². The molecule has 4 aliphatic rings. The predicted octanol–water partition coefficient (Wildman–Crippen LogP) is 4.95. The molecular weight excluding hydrogens is 801 g/mol. The van der Waals surface area contributed by atoms with Crippen LogP contribution in [0.25, 0.3) is 33.5 Å². The van der Waals surface area contributed by atoms with Crippen LogP contribution in [0.1, 0.15) is 98.0 Å². The molecule has 8 rings (SSSR count). The fourth-order valence-electron chi connectivity index (χ4n) is 8.23. The van der Waals surface area contributed by atoms with Crippen LogP contribution in [-0.2, 0) is 34.6 Å². The second kappa shape index (κ2) is 15.8. The number of benzene rings is 2. The summed E-state index contributed by atoms with van der Waals surface area (Å²) >= 11 is 0. The van der Waals surface area contributed by atoms with Crippen LogP contribution in [0.4, 0.5) is 0 Å². The van der Waals surface area contributed by atoms with E-state index < -0.39 is 74.1 Å². The predicted molar refractivity (Wildman–Crippen MR) is 227 cm³/mol. The highest BCUT2D eigenvalue weighted by Crippen LogP contribution is 2.46. The number of amides is 4. The lowest BCUT2D eigenvalue weighted by atomic mass is 9.87. The highest BCUT2D eigenvalue weighted by molar-refractivity contribution is 7.91.